The summed E-state index contributed by atoms with van der Waals surface area (Å²) in [5.41, 5.74) is 7.03. The molecule has 0 saturated carbocycles. The van der Waals surface area contributed by atoms with Gasteiger partial charge in [-0.05, 0) is 61.5 Å². The van der Waals surface area contributed by atoms with Crippen LogP contribution in [0.1, 0.15) is 18.4 Å². The van der Waals surface area contributed by atoms with Crippen LogP contribution in [-0.2, 0) is 11.2 Å². The molecule has 1 saturated heterocycles. The standard InChI is InChI=1S/C20H23N2OS/c21-19(23)18(24-17-9-5-2-6-10-17)20(11-13-22-14-12-20)15-16-7-3-1-4-8-16/h1,3-10,18,22H,11-15H2,(H2,21,23). The van der Waals surface area contributed by atoms with Crippen LogP contribution in [-0.4, -0.2) is 24.2 Å². The highest BCUT2D eigenvalue weighted by Gasteiger charge is 2.43. The van der Waals surface area contributed by atoms with Gasteiger partial charge in [-0.15, -0.1) is 11.8 Å². The number of primary amides is 1. The van der Waals surface area contributed by atoms with Gasteiger partial charge >= 0.3 is 0 Å². The van der Waals surface area contributed by atoms with Crippen LogP contribution in [0.15, 0.2) is 59.5 Å². The second kappa shape index (κ2) is 7.86. The molecule has 1 fully saturated rings. The monoisotopic (exact) mass is 339 g/mol. The molecule has 1 amide bonds. The summed E-state index contributed by atoms with van der Waals surface area (Å²) in [6.07, 6.45) is 2.80. The molecular weight excluding hydrogens is 316 g/mol. The molecule has 0 aliphatic carbocycles. The zero-order chi connectivity index (χ0) is 16.8. The van der Waals surface area contributed by atoms with E-state index in [1.807, 2.05) is 30.3 Å². The molecule has 1 heterocycles. The summed E-state index contributed by atoms with van der Waals surface area (Å²) < 4.78 is 0. The second-order valence-corrected chi connectivity index (χ2v) is 7.59. The predicted molar refractivity (Wildman–Crippen MR) is 98.8 cm³/mol. The summed E-state index contributed by atoms with van der Waals surface area (Å²) in [5, 5.41) is 3.18. The highest BCUT2D eigenvalue weighted by atomic mass is 32.2. The fourth-order valence-electron chi connectivity index (χ4n) is 3.53. The molecule has 1 radical (unpaired) electrons. The third-order valence-electron chi connectivity index (χ3n) is 4.75. The van der Waals surface area contributed by atoms with Gasteiger partial charge in [0.2, 0.25) is 5.91 Å². The zero-order valence-corrected chi connectivity index (χ0v) is 14.5. The van der Waals surface area contributed by atoms with E-state index >= 15 is 0 Å². The Morgan fingerprint density at radius 3 is 2.46 bits per heavy atom. The summed E-state index contributed by atoms with van der Waals surface area (Å²) in [4.78, 5) is 13.4. The number of carbonyl (C=O) groups excluding carboxylic acids is 1. The van der Waals surface area contributed by atoms with Gasteiger partial charge in [-0.1, -0.05) is 42.5 Å². The number of carbonyl (C=O) groups is 1. The van der Waals surface area contributed by atoms with Crippen LogP contribution >= 0.6 is 11.8 Å². The maximum Gasteiger partial charge on any atom is 0.231 e. The van der Waals surface area contributed by atoms with Gasteiger partial charge in [0.25, 0.3) is 0 Å². The van der Waals surface area contributed by atoms with Crippen molar-refractivity contribution in [2.45, 2.75) is 29.4 Å². The van der Waals surface area contributed by atoms with Crippen LogP contribution in [0.2, 0.25) is 0 Å². The number of thioether (sulfide) groups is 1. The first-order chi connectivity index (χ1) is 11.7. The quantitative estimate of drug-likeness (QED) is 0.796. The van der Waals surface area contributed by atoms with Gasteiger partial charge in [0, 0.05) is 4.90 Å². The van der Waals surface area contributed by atoms with Gasteiger partial charge in [-0.3, -0.25) is 4.79 Å². The average Bonchev–Trinajstić information content (AvgIpc) is 2.62. The van der Waals surface area contributed by atoms with E-state index in [1.54, 1.807) is 11.8 Å². The van der Waals surface area contributed by atoms with Gasteiger partial charge in [-0.25, -0.2) is 0 Å². The summed E-state index contributed by atoms with van der Waals surface area (Å²) in [7, 11) is 0. The van der Waals surface area contributed by atoms with Crippen molar-refractivity contribution in [3.05, 3.63) is 66.2 Å². The molecular formula is C20H23N2OS. The van der Waals surface area contributed by atoms with Crippen LogP contribution < -0.4 is 11.1 Å². The first-order valence-electron chi connectivity index (χ1n) is 8.36. The molecule has 125 valence electrons. The Kier molecular flexibility index (Phi) is 5.59. The molecule has 1 aliphatic heterocycles. The molecule has 0 spiro atoms. The van der Waals surface area contributed by atoms with E-state index in [-0.39, 0.29) is 16.6 Å². The number of nitrogens with two attached hydrogens (primary N) is 1. The highest BCUT2D eigenvalue weighted by Crippen LogP contribution is 2.44. The zero-order valence-electron chi connectivity index (χ0n) is 13.7. The number of hydrogen-bond acceptors (Lipinski definition) is 3. The molecule has 0 aromatic heterocycles. The molecule has 24 heavy (non-hydrogen) atoms. The lowest BCUT2D eigenvalue weighted by Gasteiger charge is -2.42. The molecule has 1 atom stereocenters. The minimum Gasteiger partial charge on any atom is -0.369 e. The van der Waals surface area contributed by atoms with E-state index in [0.29, 0.717) is 0 Å². The number of hydrogen-bond donors (Lipinski definition) is 2. The van der Waals surface area contributed by atoms with E-state index in [2.05, 4.69) is 35.6 Å². The molecule has 3 N–H and O–H groups in total. The summed E-state index contributed by atoms with van der Waals surface area (Å²) in [6.45, 7) is 1.86. The lowest BCUT2D eigenvalue weighted by atomic mass is 9.71. The van der Waals surface area contributed by atoms with Crippen molar-refractivity contribution in [2.75, 3.05) is 13.1 Å². The lowest BCUT2D eigenvalue weighted by molar-refractivity contribution is -0.120. The number of rotatable bonds is 6. The van der Waals surface area contributed by atoms with E-state index in [0.717, 1.165) is 37.2 Å². The van der Waals surface area contributed by atoms with Gasteiger partial charge < -0.3 is 11.1 Å². The van der Waals surface area contributed by atoms with Crippen molar-refractivity contribution in [3.63, 3.8) is 0 Å². The highest BCUT2D eigenvalue weighted by molar-refractivity contribution is 8.00. The molecule has 3 rings (SSSR count). The summed E-state index contributed by atoms with van der Waals surface area (Å²) in [5.74, 6) is -0.217. The van der Waals surface area contributed by atoms with Crippen LogP contribution in [0.4, 0.5) is 0 Å². The van der Waals surface area contributed by atoms with Gasteiger partial charge in [0.15, 0.2) is 0 Å². The Morgan fingerprint density at radius 2 is 1.83 bits per heavy atom. The number of amides is 1. The second-order valence-electron chi connectivity index (χ2n) is 6.41. The van der Waals surface area contributed by atoms with Crippen molar-refractivity contribution >= 4 is 17.7 Å². The van der Waals surface area contributed by atoms with Crippen LogP contribution in [0.5, 0.6) is 0 Å². The van der Waals surface area contributed by atoms with Crippen molar-refractivity contribution < 1.29 is 4.79 Å². The van der Waals surface area contributed by atoms with E-state index < -0.39 is 0 Å². The van der Waals surface area contributed by atoms with Gasteiger partial charge in [0.05, 0.1) is 5.25 Å². The maximum atomic E-state index is 12.4. The lowest BCUT2D eigenvalue weighted by Crippen LogP contribution is -2.49. The minimum atomic E-state index is -0.234. The number of nitrogens with one attached hydrogen (secondary N) is 1. The van der Waals surface area contributed by atoms with Crippen molar-refractivity contribution in [1.29, 1.82) is 0 Å². The molecule has 3 nitrogen and oxygen atoms in total. The Balaban J connectivity index is 1.90. The molecule has 1 aliphatic rings. The first kappa shape index (κ1) is 17.1. The minimum absolute atomic E-state index is 0.108. The average molecular weight is 339 g/mol. The molecule has 2 aromatic rings. The Morgan fingerprint density at radius 1 is 1.17 bits per heavy atom. The third kappa shape index (κ3) is 4.00. The van der Waals surface area contributed by atoms with Gasteiger partial charge in [-0.2, -0.15) is 0 Å². The van der Waals surface area contributed by atoms with Crippen molar-refractivity contribution in [2.24, 2.45) is 11.1 Å². The SMILES string of the molecule is NC(=O)C(Sc1cc[c]cc1)C1(Cc2ccccc2)CCNCC1. The Bertz CT molecular complexity index is 654. The van der Waals surface area contributed by atoms with Crippen LogP contribution in [0.3, 0.4) is 0 Å². The summed E-state index contributed by atoms with van der Waals surface area (Å²) >= 11 is 1.60. The predicted octanol–water partition coefficient (Wildman–Crippen LogP) is 3.05. The van der Waals surface area contributed by atoms with Crippen molar-refractivity contribution in [3.8, 4) is 0 Å². The molecule has 0 bridgehead atoms. The smallest absolute Gasteiger partial charge is 0.231 e. The van der Waals surface area contributed by atoms with E-state index in [9.17, 15) is 4.79 Å². The largest absolute Gasteiger partial charge is 0.369 e. The molecule has 1 unspecified atom stereocenters. The molecule has 2 aromatic carbocycles. The topological polar surface area (TPSA) is 55.1 Å². The first-order valence-corrected chi connectivity index (χ1v) is 9.24. The number of piperidine rings is 1. The van der Waals surface area contributed by atoms with Crippen LogP contribution in [0, 0.1) is 11.5 Å². The van der Waals surface area contributed by atoms with Crippen molar-refractivity contribution in [1.82, 2.24) is 5.32 Å². The maximum absolute atomic E-state index is 12.4. The fraction of sp³-hybridized carbons (Fsp3) is 0.350. The summed E-state index contributed by atoms with van der Waals surface area (Å²) in [6, 6.07) is 21.2. The Hall–Kier alpha value is -1.78. The van der Waals surface area contributed by atoms with E-state index in [1.165, 1.54) is 5.56 Å². The molecule has 4 heteroatoms. The third-order valence-corrected chi connectivity index (χ3v) is 6.27. The Labute approximate surface area is 148 Å². The fourth-order valence-corrected chi connectivity index (χ4v) is 4.78. The normalized spacial score (nSPS) is 18.0. The van der Waals surface area contributed by atoms with E-state index in [4.69, 9.17) is 5.73 Å². The van der Waals surface area contributed by atoms with Crippen LogP contribution in [0.25, 0.3) is 0 Å². The number of benzene rings is 2. The van der Waals surface area contributed by atoms with Gasteiger partial charge in [0.1, 0.15) is 0 Å².